The number of piperidine rings is 1. The van der Waals surface area contributed by atoms with Crippen LogP contribution in [-0.2, 0) is 5.41 Å². The van der Waals surface area contributed by atoms with Crippen LogP contribution in [-0.4, -0.2) is 13.1 Å². The van der Waals surface area contributed by atoms with Gasteiger partial charge in [0.25, 0.3) is 0 Å². The van der Waals surface area contributed by atoms with Crippen molar-refractivity contribution in [1.29, 1.82) is 5.26 Å². The van der Waals surface area contributed by atoms with Crippen molar-refractivity contribution in [3.05, 3.63) is 29.8 Å². The van der Waals surface area contributed by atoms with Gasteiger partial charge in [0, 0.05) is 18.8 Å². The molecule has 1 aliphatic heterocycles. The second kappa shape index (κ2) is 5.02. The molecule has 0 amide bonds. The van der Waals surface area contributed by atoms with Crippen molar-refractivity contribution in [2.75, 3.05) is 18.0 Å². The van der Waals surface area contributed by atoms with Gasteiger partial charge in [-0.3, -0.25) is 0 Å². The number of nitrogens with zero attached hydrogens (tertiary/aromatic N) is 2. The summed E-state index contributed by atoms with van der Waals surface area (Å²) in [7, 11) is 0. The Morgan fingerprint density at radius 3 is 2.44 bits per heavy atom. The molecule has 1 aromatic carbocycles. The van der Waals surface area contributed by atoms with Gasteiger partial charge in [-0.15, -0.1) is 0 Å². The molecule has 1 saturated heterocycles. The summed E-state index contributed by atoms with van der Waals surface area (Å²) >= 11 is 0. The Hall–Kier alpha value is -1.49. The molecule has 0 aromatic heterocycles. The molecular weight excluding hydrogens is 220 g/mol. The average molecular weight is 242 g/mol. The van der Waals surface area contributed by atoms with Crippen molar-refractivity contribution in [3.8, 4) is 6.07 Å². The number of rotatable bonds is 1. The van der Waals surface area contributed by atoms with E-state index >= 15 is 0 Å². The maximum Gasteiger partial charge on any atom is 0.0674 e. The minimum Gasteiger partial charge on any atom is -0.370 e. The molecule has 0 spiro atoms. The van der Waals surface area contributed by atoms with Crippen LogP contribution in [0.3, 0.4) is 0 Å². The summed E-state index contributed by atoms with van der Waals surface area (Å²) in [5.41, 5.74) is 2.82. The highest BCUT2D eigenvalue weighted by molar-refractivity contribution is 5.49. The van der Waals surface area contributed by atoms with Crippen molar-refractivity contribution in [2.24, 2.45) is 5.92 Å². The minimum absolute atomic E-state index is 0.195. The molecule has 0 aliphatic carbocycles. The first-order valence-corrected chi connectivity index (χ1v) is 6.76. The van der Waals surface area contributed by atoms with Crippen LogP contribution in [0.1, 0.15) is 39.2 Å². The predicted molar refractivity (Wildman–Crippen MR) is 75.7 cm³/mol. The van der Waals surface area contributed by atoms with Gasteiger partial charge in [0.2, 0.25) is 0 Å². The lowest BCUT2D eigenvalue weighted by Gasteiger charge is -2.32. The van der Waals surface area contributed by atoms with E-state index in [0.717, 1.165) is 25.9 Å². The van der Waals surface area contributed by atoms with Gasteiger partial charge in [0.15, 0.2) is 0 Å². The molecule has 0 bridgehead atoms. The van der Waals surface area contributed by atoms with Crippen LogP contribution in [0.4, 0.5) is 5.69 Å². The maximum atomic E-state index is 9.03. The van der Waals surface area contributed by atoms with Crippen LogP contribution < -0.4 is 4.90 Å². The van der Waals surface area contributed by atoms with E-state index in [1.165, 1.54) is 11.3 Å². The Morgan fingerprint density at radius 2 is 1.89 bits per heavy atom. The van der Waals surface area contributed by atoms with E-state index < -0.39 is 0 Å². The van der Waals surface area contributed by atoms with E-state index in [1.54, 1.807) is 0 Å². The van der Waals surface area contributed by atoms with Gasteiger partial charge >= 0.3 is 0 Å². The summed E-state index contributed by atoms with van der Waals surface area (Å²) in [6.45, 7) is 8.65. The molecule has 0 N–H and O–H groups in total. The lowest BCUT2D eigenvalue weighted by Crippen LogP contribution is -2.34. The van der Waals surface area contributed by atoms with Gasteiger partial charge in [-0.2, -0.15) is 5.26 Å². The SMILES string of the molecule is CC(C)(C)c1ccc(N2CCCC(C#N)C2)cc1. The Bertz CT molecular complexity index is 434. The standard InChI is InChI=1S/C16H22N2/c1-16(2,3)14-6-8-15(9-7-14)18-10-4-5-13(11-17)12-18/h6-9,13H,4-5,10,12H2,1-3H3. The van der Waals surface area contributed by atoms with Gasteiger partial charge in [-0.25, -0.2) is 0 Å². The van der Waals surface area contributed by atoms with Crippen molar-refractivity contribution < 1.29 is 0 Å². The largest absolute Gasteiger partial charge is 0.370 e. The minimum atomic E-state index is 0.195. The Morgan fingerprint density at radius 1 is 1.22 bits per heavy atom. The van der Waals surface area contributed by atoms with Crippen LogP contribution in [0.5, 0.6) is 0 Å². The molecule has 18 heavy (non-hydrogen) atoms. The summed E-state index contributed by atoms with van der Waals surface area (Å²) in [5, 5.41) is 9.03. The van der Waals surface area contributed by atoms with Crippen LogP contribution in [0.15, 0.2) is 24.3 Å². The summed E-state index contributed by atoms with van der Waals surface area (Å²) < 4.78 is 0. The lowest BCUT2D eigenvalue weighted by atomic mass is 9.87. The number of hydrogen-bond donors (Lipinski definition) is 0. The van der Waals surface area contributed by atoms with E-state index in [-0.39, 0.29) is 11.3 Å². The fourth-order valence-corrected chi connectivity index (χ4v) is 2.49. The summed E-state index contributed by atoms with van der Waals surface area (Å²) in [5.74, 6) is 0.195. The van der Waals surface area contributed by atoms with Gasteiger partial charge in [-0.05, 0) is 36.0 Å². The molecule has 1 aromatic rings. The molecule has 96 valence electrons. The van der Waals surface area contributed by atoms with Crippen molar-refractivity contribution in [3.63, 3.8) is 0 Å². The third-order valence-electron chi connectivity index (χ3n) is 3.70. The van der Waals surface area contributed by atoms with Crippen molar-refractivity contribution in [1.82, 2.24) is 0 Å². The van der Waals surface area contributed by atoms with E-state index in [9.17, 15) is 0 Å². The van der Waals surface area contributed by atoms with Gasteiger partial charge in [-0.1, -0.05) is 32.9 Å². The monoisotopic (exact) mass is 242 g/mol. The molecule has 1 heterocycles. The first-order valence-electron chi connectivity index (χ1n) is 6.76. The van der Waals surface area contributed by atoms with E-state index in [1.807, 2.05) is 0 Å². The molecule has 1 fully saturated rings. The van der Waals surface area contributed by atoms with Gasteiger partial charge in [0.1, 0.15) is 0 Å². The molecular formula is C16H22N2. The van der Waals surface area contributed by atoms with Crippen LogP contribution in [0, 0.1) is 17.2 Å². The molecule has 1 atom stereocenters. The third-order valence-corrected chi connectivity index (χ3v) is 3.70. The molecule has 0 saturated carbocycles. The normalized spacial score (nSPS) is 20.6. The quantitative estimate of drug-likeness (QED) is 0.750. The molecule has 1 unspecified atom stereocenters. The Kier molecular flexibility index (Phi) is 3.61. The maximum absolute atomic E-state index is 9.03. The second-order valence-electron chi connectivity index (χ2n) is 6.21. The molecule has 0 radical (unpaired) electrons. The second-order valence-corrected chi connectivity index (χ2v) is 6.21. The molecule has 2 nitrogen and oxygen atoms in total. The Balaban J connectivity index is 2.12. The van der Waals surface area contributed by atoms with Crippen molar-refractivity contribution in [2.45, 2.75) is 39.0 Å². The number of anilines is 1. The topological polar surface area (TPSA) is 27.0 Å². The Labute approximate surface area is 110 Å². The number of benzene rings is 1. The van der Waals surface area contributed by atoms with Crippen LogP contribution >= 0.6 is 0 Å². The number of nitriles is 1. The first kappa shape index (κ1) is 13.0. The summed E-state index contributed by atoms with van der Waals surface area (Å²) in [6.07, 6.45) is 2.17. The predicted octanol–water partition coefficient (Wildman–Crippen LogP) is 3.72. The highest BCUT2D eigenvalue weighted by Crippen LogP contribution is 2.27. The zero-order chi connectivity index (χ0) is 13.2. The first-order chi connectivity index (χ1) is 8.50. The van der Waals surface area contributed by atoms with Crippen LogP contribution in [0.25, 0.3) is 0 Å². The molecule has 2 heteroatoms. The average Bonchev–Trinajstić information content (AvgIpc) is 2.38. The summed E-state index contributed by atoms with van der Waals surface area (Å²) in [6, 6.07) is 11.2. The molecule has 1 aliphatic rings. The highest BCUT2D eigenvalue weighted by atomic mass is 15.1. The highest BCUT2D eigenvalue weighted by Gasteiger charge is 2.20. The smallest absolute Gasteiger partial charge is 0.0674 e. The fourth-order valence-electron chi connectivity index (χ4n) is 2.49. The lowest BCUT2D eigenvalue weighted by molar-refractivity contribution is 0.493. The molecule has 2 rings (SSSR count). The fraction of sp³-hybridized carbons (Fsp3) is 0.562. The summed E-state index contributed by atoms with van der Waals surface area (Å²) in [4.78, 5) is 2.34. The zero-order valence-corrected chi connectivity index (χ0v) is 11.6. The zero-order valence-electron chi connectivity index (χ0n) is 11.6. The van der Waals surface area contributed by atoms with Gasteiger partial charge < -0.3 is 4.90 Å². The van der Waals surface area contributed by atoms with E-state index in [2.05, 4.69) is 56.0 Å². The van der Waals surface area contributed by atoms with E-state index in [0.29, 0.717) is 0 Å². The van der Waals surface area contributed by atoms with Gasteiger partial charge in [0.05, 0.1) is 12.0 Å². The van der Waals surface area contributed by atoms with Crippen LogP contribution in [0.2, 0.25) is 0 Å². The van der Waals surface area contributed by atoms with Crippen molar-refractivity contribution >= 4 is 5.69 Å². The third kappa shape index (κ3) is 2.85. The number of hydrogen-bond acceptors (Lipinski definition) is 2. The van der Waals surface area contributed by atoms with E-state index in [4.69, 9.17) is 5.26 Å².